The lowest BCUT2D eigenvalue weighted by Crippen LogP contribution is -2.67. The number of piperidine rings is 1. The topological polar surface area (TPSA) is 99.6 Å². The number of carbonyl (C=O) groups excluding carboxylic acids is 1. The maximum atomic E-state index is 12.1. The van der Waals surface area contributed by atoms with E-state index in [1.807, 2.05) is 6.07 Å². The molecule has 8 nitrogen and oxygen atoms in total. The number of nitrogens with zero attached hydrogens (tertiary/aromatic N) is 3. The molecule has 1 fully saturated rings. The van der Waals surface area contributed by atoms with Gasteiger partial charge in [0.25, 0.3) is 12.1 Å². The number of hydrogen-bond donors (Lipinski definition) is 2. The minimum absolute atomic E-state index is 0.161. The maximum absolute atomic E-state index is 12.1. The molecular weight excluding hydrogens is 300 g/mol. The molecule has 0 saturated carbocycles. The van der Waals surface area contributed by atoms with Gasteiger partial charge in [-0.1, -0.05) is 18.2 Å². The van der Waals surface area contributed by atoms with E-state index in [0.717, 1.165) is 12.8 Å². The largest absolute Gasteiger partial charge is 0.480 e. The van der Waals surface area contributed by atoms with E-state index in [-0.39, 0.29) is 11.8 Å². The first kappa shape index (κ1) is 15.0. The van der Waals surface area contributed by atoms with Crippen molar-refractivity contribution in [3.8, 4) is 0 Å². The number of anilines is 1. The van der Waals surface area contributed by atoms with Crippen LogP contribution in [0.25, 0.3) is 0 Å². The smallest absolute Gasteiger partial charge is 0.332 e. The van der Waals surface area contributed by atoms with Crippen LogP contribution in [0.2, 0.25) is 0 Å². The molecule has 1 amide bonds. The summed E-state index contributed by atoms with van der Waals surface area (Å²) in [6, 6.07) is 8.08. The molecule has 0 spiro atoms. The van der Waals surface area contributed by atoms with Gasteiger partial charge < -0.3 is 5.11 Å². The van der Waals surface area contributed by atoms with Crippen LogP contribution in [0.3, 0.4) is 0 Å². The van der Waals surface area contributed by atoms with Crippen molar-refractivity contribution in [1.82, 2.24) is 5.27 Å². The molecule has 120 valence electrons. The summed E-state index contributed by atoms with van der Waals surface area (Å²) in [6.07, 6.45) is 3.78. The van der Waals surface area contributed by atoms with E-state index in [2.05, 4.69) is 10.6 Å². The molecule has 23 heavy (non-hydrogen) atoms. The van der Waals surface area contributed by atoms with E-state index in [4.69, 9.17) is 4.52 Å². The van der Waals surface area contributed by atoms with Gasteiger partial charge in [-0.2, -0.15) is 0 Å². The highest BCUT2D eigenvalue weighted by atomic mass is 16.5. The van der Waals surface area contributed by atoms with Crippen molar-refractivity contribution in [3.05, 3.63) is 42.1 Å². The molecule has 8 heteroatoms. The second-order valence-corrected chi connectivity index (χ2v) is 5.32. The van der Waals surface area contributed by atoms with E-state index >= 15 is 0 Å². The summed E-state index contributed by atoms with van der Waals surface area (Å²) in [4.78, 5) is 24.7. The molecule has 1 aliphatic heterocycles. The molecule has 2 N–H and O–H groups in total. The molecule has 1 aliphatic rings. The molecule has 0 bridgehead atoms. The molecule has 0 aliphatic carbocycles. The fourth-order valence-electron chi connectivity index (χ4n) is 2.60. The first-order chi connectivity index (χ1) is 11.1. The van der Waals surface area contributed by atoms with Crippen LogP contribution in [0.1, 0.15) is 29.6 Å². The third-order valence-electron chi connectivity index (χ3n) is 3.75. The highest BCUT2D eigenvalue weighted by molar-refractivity contribution is 6.03. The summed E-state index contributed by atoms with van der Waals surface area (Å²) in [5.74, 6) is -1.05. The van der Waals surface area contributed by atoms with Gasteiger partial charge in [0.05, 0.1) is 11.3 Å². The monoisotopic (exact) mass is 317 g/mol. The Morgan fingerprint density at radius 2 is 2.09 bits per heavy atom. The van der Waals surface area contributed by atoms with Gasteiger partial charge >= 0.3 is 11.9 Å². The Labute approximate surface area is 132 Å². The predicted octanol–water partition coefficient (Wildman–Crippen LogP) is 0.789. The van der Waals surface area contributed by atoms with Gasteiger partial charge in [0.2, 0.25) is 5.27 Å². The third kappa shape index (κ3) is 3.31. The average molecular weight is 317 g/mol. The molecule has 1 aromatic carbocycles. The number of nitrogens with one attached hydrogen (secondary N) is 1. The Hall–Kier alpha value is -2.90. The SMILES string of the molecule is O=C(Nc1c[n+](N2CCCCC2C(=O)O)no1)c1ccccc1. The van der Waals surface area contributed by atoms with Crippen molar-refractivity contribution in [2.75, 3.05) is 16.9 Å². The summed E-state index contributed by atoms with van der Waals surface area (Å²) in [7, 11) is 0. The number of aliphatic carboxylic acids is 1. The van der Waals surface area contributed by atoms with Crippen molar-refractivity contribution >= 4 is 17.8 Å². The number of carbonyl (C=O) groups is 2. The lowest BCUT2D eigenvalue weighted by atomic mass is 10.0. The number of carboxylic acids is 1. The van der Waals surface area contributed by atoms with E-state index in [1.54, 1.807) is 29.3 Å². The highest BCUT2D eigenvalue weighted by Gasteiger charge is 2.36. The third-order valence-corrected chi connectivity index (χ3v) is 3.75. The first-order valence-electron chi connectivity index (χ1n) is 7.40. The van der Waals surface area contributed by atoms with E-state index in [9.17, 15) is 14.7 Å². The average Bonchev–Trinajstić information content (AvgIpc) is 3.04. The summed E-state index contributed by atoms with van der Waals surface area (Å²) in [6.45, 7) is 0.570. The zero-order valence-electron chi connectivity index (χ0n) is 12.4. The molecule has 1 unspecified atom stereocenters. The van der Waals surface area contributed by atoms with E-state index in [1.165, 1.54) is 11.0 Å². The minimum atomic E-state index is -0.893. The second-order valence-electron chi connectivity index (χ2n) is 5.32. The molecule has 1 atom stereocenters. The molecule has 0 radical (unpaired) electrons. The Kier molecular flexibility index (Phi) is 4.22. The van der Waals surface area contributed by atoms with E-state index < -0.39 is 12.0 Å². The minimum Gasteiger partial charge on any atom is -0.480 e. The van der Waals surface area contributed by atoms with Crippen LogP contribution in [0.5, 0.6) is 0 Å². The Morgan fingerprint density at radius 1 is 1.30 bits per heavy atom. The molecule has 2 aromatic rings. The lowest BCUT2D eigenvalue weighted by molar-refractivity contribution is -0.761. The normalized spacial score (nSPS) is 17.7. The van der Waals surface area contributed by atoms with Gasteiger partial charge in [0.15, 0.2) is 6.04 Å². The van der Waals surface area contributed by atoms with Crippen LogP contribution in [0, 0.1) is 0 Å². The first-order valence-corrected chi connectivity index (χ1v) is 7.40. The zero-order chi connectivity index (χ0) is 16.2. The Balaban J connectivity index is 1.72. The van der Waals surface area contributed by atoms with Gasteiger partial charge in [0, 0.05) is 5.56 Å². The number of benzene rings is 1. The summed E-state index contributed by atoms with van der Waals surface area (Å²) < 4.78 is 5.08. The summed E-state index contributed by atoms with van der Waals surface area (Å²) in [5.41, 5.74) is 0.497. The van der Waals surface area contributed by atoms with Crippen molar-refractivity contribution in [2.45, 2.75) is 25.3 Å². The van der Waals surface area contributed by atoms with Crippen LogP contribution < -0.4 is 15.1 Å². The van der Waals surface area contributed by atoms with Crippen molar-refractivity contribution < 1.29 is 24.0 Å². The number of amides is 1. The predicted molar refractivity (Wildman–Crippen MR) is 79.5 cm³/mol. The number of rotatable bonds is 4. The van der Waals surface area contributed by atoms with Crippen LogP contribution in [-0.2, 0) is 4.79 Å². The highest BCUT2D eigenvalue weighted by Crippen LogP contribution is 2.14. The van der Waals surface area contributed by atoms with E-state index in [0.29, 0.717) is 18.5 Å². The fraction of sp³-hybridized carbons (Fsp3) is 0.333. The quantitative estimate of drug-likeness (QED) is 0.809. The lowest BCUT2D eigenvalue weighted by Gasteiger charge is -2.25. The van der Waals surface area contributed by atoms with Gasteiger partial charge in [-0.25, -0.2) is 4.79 Å². The van der Waals surface area contributed by atoms with Gasteiger partial charge in [-0.05, 0) is 31.4 Å². The number of aromatic nitrogens is 2. The van der Waals surface area contributed by atoms with Crippen LogP contribution in [0.4, 0.5) is 5.88 Å². The van der Waals surface area contributed by atoms with Crippen molar-refractivity contribution in [3.63, 3.8) is 0 Å². The van der Waals surface area contributed by atoms with Gasteiger partial charge in [-0.3, -0.25) is 14.6 Å². The summed E-state index contributed by atoms with van der Waals surface area (Å²) in [5, 5.41) is 17.3. The van der Waals surface area contributed by atoms with Crippen LogP contribution in [-0.4, -0.2) is 34.8 Å². The standard InChI is InChI=1S/C15H16N4O4/c20-14(11-6-2-1-3-7-11)16-13-10-19(17-23-13)18-9-5-4-8-12(18)15(21)22/h1-3,6-7,10,12H,4-5,8-9H2,(H-,16,17,20,21,22)/p+1. The van der Waals surface area contributed by atoms with Crippen LogP contribution in [0.15, 0.2) is 41.1 Å². The zero-order valence-corrected chi connectivity index (χ0v) is 12.4. The van der Waals surface area contributed by atoms with Crippen molar-refractivity contribution in [2.24, 2.45) is 0 Å². The van der Waals surface area contributed by atoms with Gasteiger partial charge in [0.1, 0.15) is 0 Å². The molecule has 2 heterocycles. The Morgan fingerprint density at radius 3 is 2.83 bits per heavy atom. The molecule has 1 saturated heterocycles. The molecule has 1 aromatic heterocycles. The van der Waals surface area contributed by atoms with Gasteiger partial charge in [-0.15, -0.1) is 5.01 Å². The number of carboxylic acid groups (broad SMARTS) is 1. The number of hydrogen-bond acceptors (Lipinski definition) is 5. The molecule has 3 rings (SSSR count). The van der Waals surface area contributed by atoms with Crippen molar-refractivity contribution in [1.29, 1.82) is 0 Å². The fourth-order valence-corrected chi connectivity index (χ4v) is 2.60. The second kappa shape index (κ2) is 6.47. The maximum Gasteiger partial charge on any atom is 0.332 e. The summed E-state index contributed by atoms with van der Waals surface area (Å²) >= 11 is 0. The molecular formula is C15H17N4O4+. The Bertz CT molecular complexity index is 701. The van der Waals surface area contributed by atoms with Crippen LogP contribution >= 0.6 is 0 Å².